The number of hydrogen-bond acceptors (Lipinski definition) is 6. The molecule has 0 amide bonds. The summed E-state index contributed by atoms with van der Waals surface area (Å²) in [5.41, 5.74) is 4.08. The molecule has 3 aromatic rings. The number of rotatable bonds is 5. The van der Waals surface area contributed by atoms with Crippen LogP contribution < -0.4 is 15.0 Å². The second-order valence-corrected chi connectivity index (χ2v) is 6.29. The zero-order chi connectivity index (χ0) is 18.5. The first-order valence-corrected chi connectivity index (χ1v) is 8.98. The van der Waals surface area contributed by atoms with Gasteiger partial charge in [-0.2, -0.15) is 0 Å². The Morgan fingerprint density at radius 2 is 1.70 bits per heavy atom. The molecule has 27 heavy (non-hydrogen) atoms. The molecule has 4 rings (SSSR count). The number of aromatic nitrogens is 2. The van der Waals surface area contributed by atoms with Crippen molar-refractivity contribution in [1.29, 1.82) is 0 Å². The van der Waals surface area contributed by atoms with Gasteiger partial charge in [-0.1, -0.05) is 0 Å². The Bertz CT molecular complexity index is 875. The molecule has 0 saturated carbocycles. The molecule has 6 nitrogen and oxygen atoms in total. The molecule has 0 atom stereocenters. The van der Waals surface area contributed by atoms with Crippen LogP contribution in [0.25, 0.3) is 11.3 Å². The van der Waals surface area contributed by atoms with Gasteiger partial charge in [-0.25, -0.2) is 9.97 Å². The third kappa shape index (κ3) is 4.17. The first-order chi connectivity index (χ1) is 13.3. The SMILES string of the molecule is COc1ccc(-c2cc(Nc3ccc(N4CCOCC4)cc3)ncn2)cc1. The Morgan fingerprint density at radius 3 is 2.41 bits per heavy atom. The van der Waals surface area contributed by atoms with Crippen LogP contribution >= 0.6 is 0 Å². The molecular formula is C21H22N4O2. The van der Waals surface area contributed by atoms with E-state index in [1.165, 1.54) is 5.69 Å². The summed E-state index contributed by atoms with van der Waals surface area (Å²) in [7, 11) is 1.66. The van der Waals surface area contributed by atoms with Crippen molar-refractivity contribution in [3.8, 4) is 17.0 Å². The molecule has 0 spiro atoms. The number of ether oxygens (including phenoxy) is 2. The second-order valence-electron chi connectivity index (χ2n) is 6.29. The monoisotopic (exact) mass is 362 g/mol. The van der Waals surface area contributed by atoms with Gasteiger partial charge in [0.2, 0.25) is 0 Å². The maximum atomic E-state index is 5.41. The van der Waals surface area contributed by atoms with E-state index in [1.54, 1.807) is 13.4 Å². The number of methoxy groups -OCH3 is 1. The molecular weight excluding hydrogens is 340 g/mol. The molecule has 0 radical (unpaired) electrons. The van der Waals surface area contributed by atoms with E-state index in [-0.39, 0.29) is 0 Å². The van der Waals surface area contributed by atoms with Gasteiger partial charge in [0.05, 0.1) is 26.0 Å². The van der Waals surface area contributed by atoms with Gasteiger partial charge in [0.25, 0.3) is 0 Å². The zero-order valence-electron chi connectivity index (χ0n) is 15.3. The molecule has 0 bridgehead atoms. The molecule has 1 saturated heterocycles. The van der Waals surface area contributed by atoms with Crippen molar-refractivity contribution in [3.63, 3.8) is 0 Å². The Kier molecular flexibility index (Phi) is 5.16. The molecule has 1 N–H and O–H groups in total. The van der Waals surface area contributed by atoms with Crippen LogP contribution in [0.5, 0.6) is 5.75 Å². The van der Waals surface area contributed by atoms with Gasteiger partial charge >= 0.3 is 0 Å². The maximum absolute atomic E-state index is 5.41. The molecule has 1 fully saturated rings. The van der Waals surface area contributed by atoms with E-state index >= 15 is 0 Å². The first-order valence-electron chi connectivity index (χ1n) is 8.98. The van der Waals surface area contributed by atoms with Crippen LogP contribution in [0.1, 0.15) is 0 Å². The van der Waals surface area contributed by atoms with Gasteiger partial charge in [0.15, 0.2) is 0 Å². The topological polar surface area (TPSA) is 59.5 Å². The van der Waals surface area contributed by atoms with E-state index < -0.39 is 0 Å². The molecule has 1 aliphatic heterocycles. The van der Waals surface area contributed by atoms with Crippen molar-refractivity contribution in [2.45, 2.75) is 0 Å². The lowest BCUT2D eigenvalue weighted by molar-refractivity contribution is 0.122. The normalized spacial score (nSPS) is 14.0. The molecule has 1 aromatic heterocycles. The lowest BCUT2D eigenvalue weighted by Crippen LogP contribution is -2.36. The minimum atomic E-state index is 0.759. The van der Waals surface area contributed by atoms with E-state index in [4.69, 9.17) is 9.47 Å². The minimum Gasteiger partial charge on any atom is -0.497 e. The minimum absolute atomic E-state index is 0.759. The Hall–Kier alpha value is -3.12. The van der Waals surface area contributed by atoms with Crippen molar-refractivity contribution < 1.29 is 9.47 Å². The molecule has 138 valence electrons. The molecule has 0 unspecified atom stereocenters. The number of anilines is 3. The summed E-state index contributed by atoms with van der Waals surface area (Å²) in [4.78, 5) is 11.0. The first kappa shape index (κ1) is 17.3. The molecule has 6 heteroatoms. The van der Waals surface area contributed by atoms with E-state index in [0.717, 1.165) is 54.8 Å². The summed E-state index contributed by atoms with van der Waals surface area (Å²) in [6.45, 7) is 3.44. The summed E-state index contributed by atoms with van der Waals surface area (Å²) >= 11 is 0. The van der Waals surface area contributed by atoms with Gasteiger partial charge in [-0.3, -0.25) is 0 Å². The number of nitrogens with zero attached hydrogens (tertiary/aromatic N) is 3. The van der Waals surface area contributed by atoms with Crippen LogP contribution in [0.2, 0.25) is 0 Å². The maximum Gasteiger partial charge on any atom is 0.134 e. The highest BCUT2D eigenvalue weighted by atomic mass is 16.5. The lowest BCUT2D eigenvalue weighted by Gasteiger charge is -2.28. The highest BCUT2D eigenvalue weighted by molar-refractivity contribution is 5.66. The summed E-state index contributed by atoms with van der Waals surface area (Å²) in [6, 6.07) is 18.2. The molecule has 1 aliphatic rings. The van der Waals surface area contributed by atoms with Crippen molar-refractivity contribution >= 4 is 17.2 Å². The average molecular weight is 362 g/mol. The fourth-order valence-corrected chi connectivity index (χ4v) is 3.07. The van der Waals surface area contributed by atoms with Crippen molar-refractivity contribution in [2.24, 2.45) is 0 Å². The van der Waals surface area contributed by atoms with Gasteiger partial charge in [-0.15, -0.1) is 0 Å². The van der Waals surface area contributed by atoms with Gasteiger partial charge in [-0.05, 0) is 48.5 Å². The second kappa shape index (κ2) is 8.05. The van der Waals surface area contributed by atoms with Gasteiger partial charge < -0.3 is 19.7 Å². The van der Waals surface area contributed by atoms with E-state index in [1.807, 2.05) is 30.3 Å². The zero-order valence-corrected chi connectivity index (χ0v) is 15.3. The quantitative estimate of drug-likeness (QED) is 0.746. The van der Waals surface area contributed by atoms with Crippen LogP contribution in [-0.4, -0.2) is 43.4 Å². The molecule has 2 aromatic carbocycles. The van der Waals surface area contributed by atoms with Crippen LogP contribution in [0.4, 0.5) is 17.2 Å². The van der Waals surface area contributed by atoms with Gasteiger partial charge in [0.1, 0.15) is 17.9 Å². The van der Waals surface area contributed by atoms with E-state index in [9.17, 15) is 0 Å². The van der Waals surface area contributed by atoms with Crippen molar-refractivity contribution in [3.05, 3.63) is 60.9 Å². The average Bonchev–Trinajstić information content (AvgIpc) is 2.75. The highest BCUT2D eigenvalue weighted by Gasteiger charge is 2.11. The summed E-state index contributed by atoms with van der Waals surface area (Å²) in [5.74, 6) is 1.58. The lowest BCUT2D eigenvalue weighted by atomic mass is 10.1. The number of morpholine rings is 1. The number of benzene rings is 2. The van der Waals surface area contributed by atoms with Crippen molar-refractivity contribution in [1.82, 2.24) is 9.97 Å². The number of nitrogens with one attached hydrogen (secondary N) is 1. The predicted molar refractivity (Wildman–Crippen MR) is 107 cm³/mol. The molecule has 0 aliphatic carbocycles. The van der Waals surface area contributed by atoms with E-state index in [2.05, 4.69) is 44.5 Å². The standard InChI is InChI=1S/C21H22N4O2/c1-26-19-8-2-16(3-9-19)20-14-21(23-15-22-20)24-17-4-6-18(7-5-17)25-10-12-27-13-11-25/h2-9,14-15H,10-13H2,1H3,(H,22,23,24). The largest absolute Gasteiger partial charge is 0.497 e. The van der Waals surface area contributed by atoms with Crippen molar-refractivity contribution in [2.75, 3.05) is 43.6 Å². The van der Waals surface area contributed by atoms with Crippen LogP contribution in [0.3, 0.4) is 0 Å². The highest BCUT2D eigenvalue weighted by Crippen LogP contribution is 2.24. The third-order valence-corrected chi connectivity index (χ3v) is 4.57. The van der Waals surface area contributed by atoms with Gasteiger partial charge in [0, 0.05) is 36.1 Å². The Balaban J connectivity index is 1.47. The summed E-state index contributed by atoms with van der Waals surface area (Å²) in [6.07, 6.45) is 1.57. The van der Waals surface area contributed by atoms with Crippen LogP contribution in [0, 0.1) is 0 Å². The fraction of sp³-hybridized carbons (Fsp3) is 0.238. The smallest absolute Gasteiger partial charge is 0.134 e. The summed E-state index contributed by atoms with van der Waals surface area (Å²) < 4.78 is 10.6. The third-order valence-electron chi connectivity index (χ3n) is 4.57. The van der Waals surface area contributed by atoms with Crippen LogP contribution in [-0.2, 0) is 4.74 Å². The molecule has 2 heterocycles. The number of hydrogen-bond donors (Lipinski definition) is 1. The van der Waals surface area contributed by atoms with E-state index in [0.29, 0.717) is 0 Å². The predicted octanol–water partition coefficient (Wildman–Crippen LogP) is 3.73. The summed E-state index contributed by atoms with van der Waals surface area (Å²) in [5, 5.41) is 3.35. The van der Waals surface area contributed by atoms with Crippen LogP contribution in [0.15, 0.2) is 60.9 Å². The Morgan fingerprint density at radius 1 is 0.963 bits per heavy atom. The Labute approximate surface area is 158 Å². The fourth-order valence-electron chi connectivity index (χ4n) is 3.07.